The van der Waals surface area contributed by atoms with Gasteiger partial charge in [-0.25, -0.2) is 13.8 Å². The van der Waals surface area contributed by atoms with Crippen LogP contribution in [0.4, 0.5) is 14.6 Å². The van der Waals surface area contributed by atoms with Crippen LogP contribution in [0.5, 0.6) is 0 Å². The Morgan fingerprint density at radius 2 is 2.15 bits per heavy atom. The first-order chi connectivity index (χ1) is 15.9. The highest BCUT2D eigenvalue weighted by atomic mass is 35.5. The molecule has 33 heavy (non-hydrogen) atoms. The van der Waals surface area contributed by atoms with E-state index in [-0.39, 0.29) is 22.9 Å². The largest absolute Gasteiger partial charge is 0.317 e. The van der Waals surface area contributed by atoms with Gasteiger partial charge in [0, 0.05) is 29.0 Å². The fourth-order valence-corrected chi connectivity index (χ4v) is 4.32. The molecule has 0 bridgehead atoms. The van der Waals surface area contributed by atoms with E-state index >= 15 is 4.39 Å². The predicted octanol–water partition coefficient (Wildman–Crippen LogP) is 4.46. The lowest BCUT2D eigenvalue weighted by molar-refractivity contribution is -0.117. The van der Waals surface area contributed by atoms with E-state index in [4.69, 9.17) is 11.6 Å². The van der Waals surface area contributed by atoms with Gasteiger partial charge in [-0.3, -0.25) is 14.9 Å². The number of imidazole rings is 1. The lowest BCUT2D eigenvalue weighted by atomic mass is 10.1. The molecule has 1 aliphatic rings. The average Bonchev–Trinajstić information content (AvgIpc) is 3.16. The first kappa shape index (κ1) is 19.9. The van der Waals surface area contributed by atoms with Crippen LogP contribution < -0.4 is 5.32 Å². The first-order valence-electron chi connectivity index (χ1n) is 10.2. The lowest BCUT2D eigenvalue weighted by Crippen LogP contribution is -2.15. The van der Waals surface area contributed by atoms with Crippen molar-refractivity contribution in [1.82, 2.24) is 29.1 Å². The summed E-state index contributed by atoms with van der Waals surface area (Å²) >= 11 is 6.53. The second-order valence-corrected chi connectivity index (χ2v) is 8.42. The molecule has 0 unspecified atom stereocenters. The molecule has 1 fully saturated rings. The number of carbonyl (C=O) groups excluding carboxylic acids is 1. The van der Waals surface area contributed by atoms with Crippen molar-refractivity contribution in [3.8, 4) is 16.9 Å². The monoisotopic (exact) mass is 467 g/mol. The molecule has 0 radical (unpaired) electrons. The Morgan fingerprint density at radius 1 is 1.33 bits per heavy atom. The van der Waals surface area contributed by atoms with Gasteiger partial charge in [0.05, 0.1) is 40.7 Å². The normalized spacial score (nSPS) is 17.7. The Morgan fingerprint density at radius 3 is 2.88 bits per heavy atom. The molecule has 6 rings (SSSR count). The summed E-state index contributed by atoms with van der Waals surface area (Å²) in [5.41, 5.74) is 2.84. The van der Waals surface area contributed by atoms with Crippen molar-refractivity contribution in [2.24, 2.45) is 5.92 Å². The summed E-state index contributed by atoms with van der Waals surface area (Å²) in [7, 11) is 0. The van der Waals surface area contributed by atoms with Crippen molar-refractivity contribution in [3.05, 3.63) is 59.7 Å². The number of amides is 1. The Kier molecular flexibility index (Phi) is 4.28. The number of hydrogen-bond acceptors (Lipinski definition) is 4. The summed E-state index contributed by atoms with van der Waals surface area (Å²) < 4.78 is 32.0. The number of alkyl halides is 1. The van der Waals surface area contributed by atoms with Gasteiger partial charge in [-0.2, -0.15) is 5.10 Å². The van der Waals surface area contributed by atoms with Gasteiger partial charge in [0.1, 0.15) is 11.9 Å². The third-order valence-electron chi connectivity index (χ3n) is 5.86. The Labute approximate surface area is 190 Å². The molecule has 0 spiro atoms. The first-order valence-corrected chi connectivity index (χ1v) is 10.6. The molecule has 1 aromatic carbocycles. The number of aryl methyl sites for hydroxylation is 1. The number of aromatic nitrogens is 6. The lowest BCUT2D eigenvalue weighted by Gasteiger charge is -2.14. The van der Waals surface area contributed by atoms with E-state index in [1.54, 1.807) is 33.8 Å². The smallest absolute Gasteiger partial charge is 0.231 e. The van der Waals surface area contributed by atoms with Gasteiger partial charge < -0.3 is 14.3 Å². The van der Waals surface area contributed by atoms with Crippen LogP contribution in [0, 0.1) is 18.7 Å². The highest BCUT2D eigenvalue weighted by Gasteiger charge is 2.43. The maximum atomic E-state index is 15.5. The second-order valence-electron chi connectivity index (χ2n) is 8.04. The second kappa shape index (κ2) is 7.11. The summed E-state index contributed by atoms with van der Waals surface area (Å²) in [5.74, 6) is -1.35. The maximum Gasteiger partial charge on any atom is 0.231 e. The van der Waals surface area contributed by atoms with Crippen LogP contribution in [0.2, 0.25) is 5.02 Å². The Bertz CT molecular complexity index is 1570. The number of nitrogens with zero attached hydrogens (tertiary/aromatic N) is 5. The quantitative estimate of drug-likeness (QED) is 0.408. The van der Waals surface area contributed by atoms with Crippen molar-refractivity contribution < 1.29 is 13.6 Å². The molecular formula is C22H16ClF2N7O. The number of carbonyl (C=O) groups is 1. The van der Waals surface area contributed by atoms with Crippen LogP contribution in [0.3, 0.4) is 0 Å². The number of anilines is 1. The molecule has 4 aromatic heterocycles. The van der Waals surface area contributed by atoms with Crippen LogP contribution in [0.15, 0.2) is 43.1 Å². The van der Waals surface area contributed by atoms with Gasteiger partial charge >= 0.3 is 0 Å². The third kappa shape index (κ3) is 3.09. The number of H-pyrrole nitrogens is 1. The van der Waals surface area contributed by atoms with Gasteiger partial charge in [0.25, 0.3) is 0 Å². The molecule has 0 saturated heterocycles. The minimum absolute atomic E-state index is 0.0878. The van der Waals surface area contributed by atoms with E-state index in [0.29, 0.717) is 27.8 Å². The Hall–Kier alpha value is -3.79. The van der Waals surface area contributed by atoms with Crippen LogP contribution in [0.1, 0.15) is 12.1 Å². The van der Waals surface area contributed by atoms with E-state index < -0.39 is 23.8 Å². The molecule has 1 saturated carbocycles. The van der Waals surface area contributed by atoms with Crippen LogP contribution in [-0.4, -0.2) is 41.2 Å². The van der Waals surface area contributed by atoms with Crippen LogP contribution >= 0.6 is 11.6 Å². The maximum absolute atomic E-state index is 15.5. The zero-order valence-corrected chi connectivity index (χ0v) is 17.9. The fourth-order valence-electron chi connectivity index (χ4n) is 4.03. The van der Waals surface area contributed by atoms with E-state index in [0.717, 1.165) is 5.69 Å². The molecule has 5 aromatic rings. The molecule has 2 N–H and O–H groups in total. The summed E-state index contributed by atoms with van der Waals surface area (Å²) in [6, 6.07) is 3.69. The van der Waals surface area contributed by atoms with Crippen molar-refractivity contribution in [1.29, 1.82) is 0 Å². The SMILES string of the molecule is Cc1cccn1-c1c(F)c(Cl)c(-c2cn3cc(NC(=O)[C@@H]4C[C@@H]4F)nc3cn2)c2cn[nH]c12. The number of hydrogen-bond donors (Lipinski definition) is 2. The standard InChI is InChI=1S/C22H16ClF2N7O/c1-10-3-2-4-32(10)21-19(25)18(23)17(12-6-27-30-20(12)21)14-8-31-9-15(28-16(31)7-26-14)29-22(33)11-5-13(11)24/h2-4,6-9,11,13H,5H2,1H3,(H,27,30)(H,29,33)/t11-,13+/m1/s1. The summed E-state index contributed by atoms with van der Waals surface area (Å²) in [6.07, 6.45) is 7.18. The average molecular weight is 468 g/mol. The van der Waals surface area contributed by atoms with E-state index in [2.05, 4.69) is 25.5 Å². The minimum atomic E-state index is -1.09. The molecule has 1 amide bonds. The molecule has 0 aliphatic heterocycles. The van der Waals surface area contributed by atoms with E-state index in [9.17, 15) is 9.18 Å². The summed E-state index contributed by atoms with van der Waals surface area (Å²) in [4.78, 5) is 20.7. The highest BCUT2D eigenvalue weighted by molar-refractivity contribution is 6.35. The number of fused-ring (bicyclic) bond motifs is 2. The van der Waals surface area contributed by atoms with Crippen LogP contribution in [-0.2, 0) is 4.79 Å². The summed E-state index contributed by atoms with van der Waals surface area (Å²) in [5, 5.41) is 10.1. The highest BCUT2D eigenvalue weighted by Crippen LogP contribution is 2.40. The van der Waals surface area contributed by atoms with Crippen molar-refractivity contribution in [2.45, 2.75) is 19.5 Å². The number of aromatic amines is 1. The van der Waals surface area contributed by atoms with Gasteiger partial charge in [-0.1, -0.05) is 11.6 Å². The zero-order chi connectivity index (χ0) is 22.9. The van der Waals surface area contributed by atoms with Crippen molar-refractivity contribution >= 4 is 39.9 Å². The number of nitrogens with one attached hydrogen (secondary N) is 2. The molecular weight excluding hydrogens is 452 g/mol. The topological polar surface area (TPSA) is 92.9 Å². The molecule has 2 atom stereocenters. The van der Waals surface area contributed by atoms with Crippen molar-refractivity contribution in [3.63, 3.8) is 0 Å². The number of rotatable bonds is 4. The van der Waals surface area contributed by atoms with Gasteiger partial charge in [0.2, 0.25) is 5.91 Å². The zero-order valence-electron chi connectivity index (χ0n) is 17.2. The molecule has 4 heterocycles. The Balaban J connectivity index is 1.46. The molecule has 8 nitrogen and oxygen atoms in total. The van der Waals surface area contributed by atoms with Crippen LogP contribution in [0.25, 0.3) is 33.5 Å². The van der Waals surface area contributed by atoms with E-state index in [1.807, 2.05) is 19.1 Å². The number of benzene rings is 1. The van der Waals surface area contributed by atoms with E-state index in [1.165, 1.54) is 6.20 Å². The summed E-state index contributed by atoms with van der Waals surface area (Å²) in [6.45, 7) is 1.87. The molecule has 166 valence electrons. The molecule has 11 heteroatoms. The van der Waals surface area contributed by atoms with Crippen molar-refractivity contribution in [2.75, 3.05) is 5.32 Å². The third-order valence-corrected chi connectivity index (χ3v) is 6.21. The van der Waals surface area contributed by atoms with Gasteiger partial charge in [0.15, 0.2) is 17.3 Å². The predicted molar refractivity (Wildman–Crippen MR) is 119 cm³/mol. The fraction of sp³-hybridized carbons (Fsp3) is 0.182. The van der Waals surface area contributed by atoms with Gasteiger partial charge in [-0.05, 0) is 25.5 Å². The number of halogens is 3. The minimum Gasteiger partial charge on any atom is -0.317 e. The van der Waals surface area contributed by atoms with Gasteiger partial charge in [-0.15, -0.1) is 0 Å². The molecule has 1 aliphatic carbocycles.